The Hall–Kier alpha value is -0.300. The Morgan fingerprint density at radius 1 is 1.58 bits per heavy atom. The predicted molar refractivity (Wildman–Crippen MR) is 52.0 cm³/mol. The Kier molecular flexibility index (Phi) is 2.94. The number of aliphatic hydroxyl groups excluding tert-OH is 1. The van der Waals surface area contributed by atoms with Gasteiger partial charge in [-0.1, -0.05) is 25.5 Å². The highest BCUT2D eigenvalue weighted by Crippen LogP contribution is 2.44. The third kappa shape index (κ3) is 1.71. The summed E-state index contributed by atoms with van der Waals surface area (Å²) in [5.74, 6) is 0.754. The highest BCUT2D eigenvalue weighted by molar-refractivity contribution is 5.17. The van der Waals surface area contributed by atoms with E-state index in [1.807, 2.05) is 0 Å². The van der Waals surface area contributed by atoms with Gasteiger partial charge in [0, 0.05) is 6.61 Å². The number of hydrogen-bond donors (Lipinski definition) is 1. The fourth-order valence-corrected chi connectivity index (χ4v) is 2.02. The van der Waals surface area contributed by atoms with Gasteiger partial charge in [-0.05, 0) is 37.5 Å². The van der Waals surface area contributed by atoms with E-state index in [4.69, 9.17) is 5.11 Å². The van der Waals surface area contributed by atoms with Gasteiger partial charge in [0.15, 0.2) is 0 Å². The molecule has 1 heteroatoms. The van der Waals surface area contributed by atoms with Gasteiger partial charge in [-0.15, -0.1) is 0 Å². The zero-order valence-electron chi connectivity index (χ0n) is 8.43. The van der Waals surface area contributed by atoms with Crippen LogP contribution in [0.3, 0.4) is 0 Å². The third-order valence-corrected chi connectivity index (χ3v) is 3.46. The second-order valence-corrected chi connectivity index (χ2v) is 4.41. The van der Waals surface area contributed by atoms with Gasteiger partial charge in [-0.2, -0.15) is 0 Å². The maximum atomic E-state index is 8.75. The summed E-state index contributed by atoms with van der Waals surface area (Å²) in [7, 11) is 0. The van der Waals surface area contributed by atoms with Crippen LogP contribution in [0.2, 0.25) is 0 Å². The van der Waals surface area contributed by atoms with Crippen LogP contribution in [-0.4, -0.2) is 11.7 Å². The fraction of sp³-hybridized carbons (Fsp3) is 0.818. The van der Waals surface area contributed by atoms with E-state index < -0.39 is 0 Å². The molecule has 1 unspecified atom stereocenters. The van der Waals surface area contributed by atoms with Crippen LogP contribution in [0.25, 0.3) is 0 Å². The van der Waals surface area contributed by atoms with E-state index in [1.165, 1.54) is 12.0 Å². The largest absolute Gasteiger partial charge is 0.396 e. The fourth-order valence-electron chi connectivity index (χ4n) is 2.02. The minimum Gasteiger partial charge on any atom is -0.396 e. The standard InChI is InChI=1S/C11H20O/c1-9-6-7-10(5-4-8-12)11(9,2)3/h6,10,12H,4-5,7-8H2,1-3H3. The Balaban J connectivity index is 2.49. The van der Waals surface area contributed by atoms with Gasteiger partial charge in [0.25, 0.3) is 0 Å². The van der Waals surface area contributed by atoms with Crippen LogP contribution in [0.1, 0.15) is 40.0 Å². The third-order valence-electron chi connectivity index (χ3n) is 3.46. The minimum atomic E-state index is 0.339. The van der Waals surface area contributed by atoms with Crippen LogP contribution >= 0.6 is 0 Å². The van der Waals surface area contributed by atoms with Gasteiger partial charge < -0.3 is 5.11 Å². The van der Waals surface area contributed by atoms with E-state index in [2.05, 4.69) is 26.8 Å². The molecule has 1 aliphatic rings. The summed E-state index contributed by atoms with van der Waals surface area (Å²) in [4.78, 5) is 0. The summed E-state index contributed by atoms with van der Waals surface area (Å²) < 4.78 is 0. The molecule has 0 aromatic carbocycles. The first-order valence-electron chi connectivity index (χ1n) is 4.87. The summed E-state index contributed by atoms with van der Waals surface area (Å²) in [6.45, 7) is 7.19. The van der Waals surface area contributed by atoms with E-state index in [0.717, 1.165) is 18.8 Å². The first kappa shape index (κ1) is 9.79. The van der Waals surface area contributed by atoms with Crippen molar-refractivity contribution in [2.24, 2.45) is 11.3 Å². The van der Waals surface area contributed by atoms with Crippen molar-refractivity contribution >= 4 is 0 Å². The smallest absolute Gasteiger partial charge is 0.0431 e. The molecule has 0 bridgehead atoms. The molecule has 0 amide bonds. The van der Waals surface area contributed by atoms with Crippen molar-refractivity contribution in [3.8, 4) is 0 Å². The van der Waals surface area contributed by atoms with Crippen molar-refractivity contribution in [2.45, 2.75) is 40.0 Å². The Labute approximate surface area is 75.5 Å². The molecule has 0 fully saturated rings. The maximum Gasteiger partial charge on any atom is 0.0431 e. The molecule has 0 saturated carbocycles. The average molecular weight is 168 g/mol. The molecule has 0 heterocycles. The van der Waals surface area contributed by atoms with Crippen LogP contribution < -0.4 is 0 Å². The Morgan fingerprint density at radius 3 is 2.67 bits per heavy atom. The summed E-state index contributed by atoms with van der Waals surface area (Å²) in [6.07, 6.45) is 5.67. The molecule has 12 heavy (non-hydrogen) atoms. The lowest BCUT2D eigenvalue weighted by molar-refractivity contribution is 0.228. The first-order valence-corrected chi connectivity index (χ1v) is 4.87. The normalized spacial score (nSPS) is 27.3. The van der Waals surface area contributed by atoms with Crippen molar-refractivity contribution < 1.29 is 5.11 Å². The van der Waals surface area contributed by atoms with Gasteiger partial charge in [0.05, 0.1) is 0 Å². The number of rotatable bonds is 3. The molecule has 70 valence electrons. The van der Waals surface area contributed by atoms with Crippen molar-refractivity contribution in [1.82, 2.24) is 0 Å². The van der Waals surface area contributed by atoms with E-state index in [1.54, 1.807) is 0 Å². The maximum absolute atomic E-state index is 8.75. The zero-order chi connectivity index (χ0) is 9.19. The quantitative estimate of drug-likeness (QED) is 0.642. The second-order valence-electron chi connectivity index (χ2n) is 4.41. The van der Waals surface area contributed by atoms with Crippen molar-refractivity contribution in [3.63, 3.8) is 0 Å². The van der Waals surface area contributed by atoms with E-state index >= 15 is 0 Å². The first-order chi connectivity index (χ1) is 5.59. The van der Waals surface area contributed by atoms with E-state index in [-0.39, 0.29) is 0 Å². The van der Waals surface area contributed by atoms with Gasteiger partial charge in [-0.25, -0.2) is 0 Å². The molecule has 1 atom stereocenters. The van der Waals surface area contributed by atoms with E-state index in [0.29, 0.717) is 12.0 Å². The molecule has 0 aliphatic heterocycles. The SMILES string of the molecule is CC1=CCC(CCCO)C1(C)C. The summed E-state index contributed by atoms with van der Waals surface area (Å²) >= 11 is 0. The number of allylic oxidation sites excluding steroid dienone is 2. The molecule has 0 aromatic rings. The molecular formula is C11H20O. The number of hydrogen-bond acceptors (Lipinski definition) is 1. The van der Waals surface area contributed by atoms with Crippen LogP contribution in [0, 0.1) is 11.3 Å². The number of aliphatic hydroxyl groups is 1. The van der Waals surface area contributed by atoms with E-state index in [9.17, 15) is 0 Å². The van der Waals surface area contributed by atoms with Crippen molar-refractivity contribution in [1.29, 1.82) is 0 Å². The second kappa shape index (κ2) is 3.61. The minimum absolute atomic E-state index is 0.339. The summed E-state index contributed by atoms with van der Waals surface area (Å²) in [5.41, 5.74) is 1.89. The lowest BCUT2D eigenvalue weighted by atomic mass is 9.76. The Bertz CT molecular complexity index is 179. The molecular weight excluding hydrogens is 148 g/mol. The van der Waals surface area contributed by atoms with Gasteiger partial charge in [0.2, 0.25) is 0 Å². The van der Waals surface area contributed by atoms with Crippen molar-refractivity contribution in [3.05, 3.63) is 11.6 Å². The molecule has 1 rings (SSSR count). The van der Waals surface area contributed by atoms with Crippen LogP contribution in [0.5, 0.6) is 0 Å². The molecule has 0 spiro atoms. The van der Waals surface area contributed by atoms with Crippen LogP contribution in [-0.2, 0) is 0 Å². The average Bonchev–Trinajstić information content (AvgIpc) is 2.25. The van der Waals surface area contributed by atoms with Gasteiger partial charge in [0.1, 0.15) is 0 Å². The predicted octanol–water partition coefficient (Wildman–Crippen LogP) is 2.75. The summed E-state index contributed by atoms with van der Waals surface area (Å²) in [5, 5.41) is 8.75. The highest BCUT2D eigenvalue weighted by atomic mass is 16.2. The highest BCUT2D eigenvalue weighted by Gasteiger charge is 2.33. The zero-order valence-corrected chi connectivity index (χ0v) is 8.43. The molecule has 0 aromatic heterocycles. The monoisotopic (exact) mass is 168 g/mol. The molecule has 1 aliphatic carbocycles. The molecule has 1 nitrogen and oxygen atoms in total. The van der Waals surface area contributed by atoms with Crippen molar-refractivity contribution in [2.75, 3.05) is 6.61 Å². The molecule has 0 saturated heterocycles. The summed E-state index contributed by atoms with van der Waals surface area (Å²) in [6, 6.07) is 0. The van der Waals surface area contributed by atoms with Gasteiger partial charge in [-0.3, -0.25) is 0 Å². The van der Waals surface area contributed by atoms with Crippen LogP contribution in [0.15, 0.2) is 11.6 Å². The lowest BCUT2D eigenvalue weighted by Crippen LogP contribution is -2.20. The topological polar surface area (TPSA) is 20.2 Å². The van der Waals surface area contributed by atoms with Crippen LogP contribution in [0.4, 0.5) is 0 Å². The molecule has 1 N–H and O–H groups in total. The molecule has 0 radical (unpaired) electrons. The van der Waals surface area contributed by atoms with Gasteiger partial charge >= 0.3 is 0 Å². The lowest BCUT2D eigenvalue weighted by Gasteiger charge is -2.29. The Morgan fingerprint density at radius 2 is 2.25 bits per heavy atom.